The highest BCUT2D eigenvalue weighted by molar-refractivity contribution is 6.30. The third kappa shape index (κ3) is 2.82. The molecule has 0 saturated carbocycles. The van der Waals surface area contributed by atoms with Crippen molar-refractivity contribution in [3.63, 3.8) is 0 Å². The summed E-state index contributed by atoms with van der Waals surface area (Å²) in [5.74, 6) is -0.632. The summed E-state index contributed by atoms with van der Waals surface area (Å²) in [5.41, 5.74) is 0.900. The van der Waals surface area contributed by atoms with Crippen LogP contribution in [0.1, 0.15) is 18.4 Å². The number of methoxy groups -OCH3 is 1. The van der Waals surface area contributed by atoms with E-state index in [2.05, 4.69) is 0 Å². The fourth-order valence-corrected chi connectivity index (χ4v) is 2.49. The highest BCUT2D eigenvalue weighted by atomic mass is 35.5. The summed E-state index contributed by atoms with van der Waals surface area (Å²) in [6.07, 6.45) is 1.77. The van der Waals surface area contributed by atoms with Gasteiger partial charge in [0.2, 0.25) is 0 Å². The molecule has 1 aromatic carbocycles. The molecule has 0 bridgehead atoms. The number of halogens is 2. The quantitative estimate of drug-likeness (QED) is 0.792. The van der Waals surface area contributed by atoms with Crippen LogP contribution in [0.4, 0.5) is 4.39 Å². The minimum Gasteiger partial charge on any atom is -0.468 e. The smallest absolute Gasteiger partial charge is 0.323 e. The largest absolute Gasteiger partial charge is 0.468 e. The number of rotatable bonds is 3. The van der Waals surface area contributed by atoms with Gasteiger partial charge in [-0.05, 0) is 37.1 Å². The predicted molar refractivity (Wildman–Crippen MR) is 66.9 cm³/mol. The standard InChI is InChI=1S/C13H15ClFNO2/c1-18-13(17)12-3-2-6-16(12)8-9-4-5-11(15)10(14)7-9/h4-5,7,12H,2-3,6,8H2,1H3. The molecule has 1 atom stereocenters. The van der Waals surface area contributed by atoms with Gasteiger partial charge >= 0.3 is 5.97 Å². The Morgan fingerprint density at radius 3 is 3.06 bits per heavy atom. The molecule has 0 radical (unpaired) electrons. The molecule has 0 aromatic heterocycles. The van der Waals surface area contributed by atoms with Crippen molar-refractivity contribution >= 4 is 17.6 Å². The van der Waals surface area contributed by atoms with Gasteiger partial charge in [-0.3, -0.25) is 9.69 Å². The van der Waals surface area contributed by atoms with Gasteiger partial charge < -0.3 is 4.74 Å². The van der Waals surface area contributed by atoms with E-state index < -0.39 is 5.82 Å². The number of ether oxygens (including phenoxy) is 1. The lowest BCUT2D eigenvalue weighted by atomic mass is 10.2. The van der Waals surface area contributed by atoms with Crippen LogP contribution in [-0.2, 0) is 16.1 Å². The van der Waals surface area contributed by atoms with Gasteiger partial charge in [-0.1, -0.05) is 17.7 Å². The average molecular weight is 272 g/mol. The van der Waals surface area contributed by atoms with Crippen LogP contribution in [0.15, 0.2) is 18.2 Å². The van der Waals surface area contributed by atoms with Crippen molar-refractivity contribution in [3.8, 4) is 0 Å². The van der Waals surface area contributed by atoms with Crippen molar-refractivity contribution in [1.82, 2.24) is 4.90 Å². The second kappa shape index (κ2) is 5.67. The normalized spacial score (nSPS) is 20.1. The van der Waals surface area contributed by atoms with Crippen LogP contribution < -0.4 is 0 Å². The van der Waals surface area contributed by atoms with Gasteiger partial charge in [0.15, 0.2) is 0 Å². The number of likely N-dealkylation sites (tertiary alicyclic amines) is 1. The maximum absolute atomic E-state index is 13.1. The minimum atomic E-state index is -0.425. The number of esters is 1. The number of carbonyl (C=O) groups excluding carboxylic acids is 1. The van der Waals surface area contributed by atoms with Gasteiger partial charge in [-0.2, -0.15) is 0 Å². The SMILES string of the molecule is COC(=O)C1CCCN1Cc1ccc(F)c(Cl)c1. The maximum Gasteiger partial charge on any atom is 0.323 e. The molecule has 1 saturated heterocycles. The molecule has 5 heteroatoms. The van der Waals surface area contributed by atoms with E-state index in [9.17, 15) is 9.18 Å². The van der Waals surface area contributed by atoms with Crippen molar-refractivity contribution in [2.45, 2.75) is 25.4 Å². The van der Waals surface area contributed by atoms with Gasteiger partial charge in [-0.25, -0.2) is 4.39 Å². The lowest BCUT2D eigenvalue weighted by molar-refractivity contribution is -0.146. The van der Waals surface area contributed by atoms with Crippen molar-refractivity contribution in [1.29, 1.82) is 0 Å². The molecule has 1 unspecified atom stereocenters. The second-order valence-corrected chi connectivity index (χ2v) is 4.81. The van der Waals surface area contributed by atoms with Crippen LogP contribution in [0.3, 0.4) is 0 Å². The third-order valence-electron chi connectivity index (χ3n) is 3.21. The molecular formula is C13H15ClFNO2. The fraction of sp³-hybridized carbons (Fsp3) is 0.462. The molecule has 3 nitrogen and oxygen atoms in total. The zero-order valence-corrected chi connectivity index (χ0v) is 10.9. The molecule has 1 aromatic rings. The Morgan fingerprint density at radius 2 is 2.39 bits per heavy atom. The first-order valence-corrected chi connectivity index (χ1v) is 6.25. The highest BCUT2D eigenvalue weighted by Crippen LogP contribution is 2.23. The Labute approximate surface area is 110 Å². The molecule has 0 N–H and O–H groups in total. The Bertz CT molecular complexity index is 453. The Morgan fingerprint density at radius 1 is 1.61 bits per heavy atom. The number of nitrogens with zero attached hydrogens (tertiary/aromatic N) is 1. The lowest BCUT2D eigenvalue weighted by Gasteiger charge is -2.22. The van der Waals surface area contributed by atoms with Crippen molar-refractivity contribution in [2.75, 3.05) is 13.7 Å². The number of hydrogen-bond acceptors (Lipinski definition) is 3. The Kier molecular flexibility index (Phi) is 4.19. The summed E-state index contributed by atoms with van der Waals surface area (Å²) in [4.78, 5) is 13.6. The summed E-state index contributed by atoms with van der Waals surface area (Å²) in [6, 6.07) is 4.44. The number of benzene rings is 1. The van der Waals surface area contributed by atoms with E-state index in [1.54, 1.807) is 12.1 Å². The molecule has 1 heterocycles. The van der Waals surface area contributed by atoms with Crippen molar-refractivity contribution in [3.05, 3.63) is 34.6 Å². The molecule has 0 amide bonds. The van der Waals surface area contributed by atoms with Crippen LogP contribution in [-0.4, -0.2) is 30.6 Å². The molecular weight excluding hydrogens is 257 g/mol. The Hall–Kier alpha value is -1.13. The molecule has 1 fully saturated rings. The van der Waals surface area contributed by atoms with E-state index in [4.69, 9.17) is 16.3 Å². The highest BCUT2D eigenvalue weighted by Gasteiger charge is 2.31. The van der Waals surface area contributed by atoms with Crippen LogP contribution >= 0.6 is 11.6 Å². The van der Waals surface area contributed by atoms with Crippen molar-refractivity contribution < 1.29 is 13.9 Å². The van der Waals surface area contributed by atoms with E-state index in [0.717, 1.165) is 24.9 Å². The predicted octanol–water partition coefficient (Wildman–Crippen LogP) is 2.62. The van der Waals surface area contributed by atoms with Crippen LogP contribution in [0, 0.1) is 5.82 Å². The average Bonchev–Trinajstić information content (AvgIpc) is 2.81. The number of carbonyl (C=O) groups is 1. The monoisotopic (exact) mass is 271 g/mol. The van der Waals surface area contributed by atoms with E-state index in [1.807, 2.05) is 4.90 Å². The summed E-state index contributed by atoms with van der Waals surface area (Å²) >= 11 is 5.74. The molecule has 1 aliphatic rings. The minimum absolute atomic E-state index is 0.112. The van der Waals surface area contributed by atoms with E-state index >= 15 is 0 Å². The van der Waals surface area contributed by atoms with Crippen LogP contribution in [0.25, 0.3) is 0 Å². The zero-order valence-electron chi connectivity index (χ0n) is 10.2. The van der Waals surface area contributed by atoms with Crippen molar-refractivity contribution in [2.24, 2.45) is 0 Å². The molecule has 0 aliphatic carbocycles. The van der Waals surface area contributed by atoms with Gasteiger partial charge in [0, 0.05) is 6.54 Å². The first-order chi connectivity index (χ1) is 8.61. The van der Waals surface area contributed by atoms with E-state index in [-0.39, 0.29) is 17.0 Å². The van der Waals surface area contributed by atoms with E-state index in [1.165, 1.54) is 13.2 Å². The molecule has 98 valence electrons. The molecule has 18 heavy (non-hydrogen) atoms. The van der Waals surface area contributed by atoms with Crippen LogP contribution in [0.5, 0.6) is 0 Å². The summed E-state index contributed by atoms with van der Waals surface area (Å²) in [6.45, 7) is 1.43. The summed E-state index contributed by atoms with van der Waals surface area (Å²) in [7, 11) is 1.40. The van der Waals surface area contributed by atoms with Gasteiger partial charge in [0.05, 0.1) is 12.1 Å². The maximum atomic E-state index is 13.1. The zero-order chi connectivity index (χ0) is 13.1. The van der Waals surface area contributed by atoms with Gasteiger partial charge in [-0.15, -0.1) is 0 Å². The first-order valence-electron chi connectivity index (χ1n) is 5.87. The van der Waals surface area contributed by atoms with Gasteiger partial charge in [0.25, 0.3) is 0 Å². The summed E-state index contributed by atoms with van der Waals surface area (Å²) in [5, 5.41) is 0.112. The summed E-state index contributed by atoms with van der Waals surface area (Å²) < 4.78 is 17.8. The third-order valence-corrected chi connectivity index (χ3v) is 3.50. The second-order valence-electron chi connectivity index (χ2n) is 4.40. The Balaban J connectivity index is 2.08. The van der Waals surface area contributed by atoms with E-state index in [0.29, 0.717) is 6.54 Å². The lowest BCUT2D eigenvalue weighted by Crippen LogP contribution is -2.36. The topological polar surface area (TPSA) is 29.5 Å². The van der Waals surface area contributed by atoms with Gasteiger partial charge in [0.1, 0.15) is 11.9 Å². The molecule has 2 rings (SSSR count). The molecule has 1 aliphatic heterocycles. The molecule has 0 spiro atoms. The number of hydrogen-bond donors (Lipinski definition) is 0. The first kappa shape index (κ1) is 13.3. The fourth-order valence-electron chi connectivity index (χ4n) is 2.29. The van der Waals surface area contributed by atoms with Crippen LogP contribution in [0.2, 0.25) is 5.02 Å².